The van der Waals surface area contributed by atoms with Gasteiger partial charge in [0.2, 0.25) is 0 Å². The van der Waals surface area contributed by atoms with Crippen LogP contribution in [-0.2, 0) is 6.42 Å². The van der Waals surface area contributed by atoms with Crippen molar-refractivity contribution >= 4 is 5.69 Å². The number of hydrogen-bond donors (Lipinski definition) is 1. The number of alkyl halides is 1. The molecule has 1 aromatic rings. The minimum atomic E-state index is -0.232. The van der Waals surface area contributed by atoms with Crippen LogP contribution in [0.4, 0.5) is 10.1 Å². The number of nitrogens with one attached hydrogen (secondary N) is 1. The van der Waals surface area contributed by atoms with E-state index in [2.05, 4.69) is 15.1 Å². The third kappa shape index (κ3) is 1.66. The highest BCUT2D eigenvalue weighted by Crippen LogP contribution is 2.24. The van der Waals surface area contributed by atoms with Crippen molar-refractivity contribution in [2.24, 2.45) is 0 Å². The fourth-order valence-corrected chi connectivity index (χ4v) is 1.81. The molecule has 2 heterocycles. The Balaban J connectivity index is 2.07. The van der Waals surface area contributed by atoms with Crippen molar-refractivity contribution in [2.45, 2.75) is 19.3 Å². The van der Waals surface area contributed by atoms with Gasteiger partial charge in [-0.3, -0.25) is 9.49 Å². The van der Waals surface area contributed by atoms with E-state index < -0.39 is 0 Å². The highest BCUT2D eigenvalue weighted by Gasteiger charge is 2.17. The summed E-state index contributed by atoms with van der Waals surface area (Å²) in [6.45, 7) is 1.61. The second-order valence-electron chi connectivity index (χ2n) is 3.37. The number of rotatable bonds is 3. The van der Waals surface area contributed by atoms with Gasteiger partial charge in [-0.05, 0) is 19.3 Å². The van der Waals surface area contributed by atoms with Crippen molar-refractivity contribution in [3.8, 4) is 0 Å². The van der Waals surface area contributed by atoms with E-state index >= 15 is 0 Å². The maximum Gasteiger partial charge on any atom is 0.0911 e. The molecular weight excluding hydrogens is 169 g/mol. The lowest BCUT2D eigenvalue weighted by molar-refractivity contribution is 0.468. The van der Waals surface area contributed by atoms with Gasteiger partial charge in [0, 0.05) is 13.1 Å². The van der Waals surface area contributed by atoms with Crippen LogP contribution in [0.2, 0.25) is 0 Å². The van der Waals surface area contributed by atoms with Crippen LogP contribution in [0.1, 0.15) is 18.5 Å². The first-order valence-electron chi connectivity index (χ1n) is 4.75. The van der Waals surface area contributed by atoms with Crippen molar-refractivity contribution in [1.29, 1.82) is 0 Å². The molecule has 1 aromatic heterocycles. The predicted molar refractivity (Wildman–Crippen MR) is 49.7 cm³/mol. The van der Waals surface area contributed by atoms with Crippen LogP contribution in [0, 0.1) is 0 Å². The van der Waals surface area contributed by atoms with Crippen LogP contribution in [-0.4, -0.2) is 30.0 Å². The van der Waals surface area contributed by atoms with Gasteiger partial charge in [0.25, 0.3) is 0 Å². The van der Waals surface area contributed by atoms with Crippen LogP contribution < -0.4 is 4.90 Å². The molecule has 0 saturated carbocycles. The van der Waals surface area contributed by atoms with Crippen LogP contribution in [0.5, 0.6) is 0 Å². The molecule has 0 aliphatic carbocycles. The Morgan fingerprint density at radius 1 is 1.62 bits per heavy atom. The average Bonchev–Trinajstić information content (AvgIpc) is 2.62. The first-order valence-corrected chi connectivity index (χ1v) is 4.75. The summed E-state index contributed by atoms with van der Waals surface area (Å²) < 4.78 is 12.0. The molecule has 0 saturated heterocycles. The van der Waals surface area contributed by atoms with Gasteiger partial charge in [0.15, 0.2) is 0 Å². The predicted octanol–water partition coefficient (Wildman–Crippen LogP) is 1.52. The van der Waals surface area contributed by atoms with Crippen molar-refractivity contribution in [2.75, 3.05) is 24.7 Å². The lowest BCUT2D eigenvalue weighted by Crippen LogP contribution is -2.29. The zero-order valence-electron chi connectivity index (χ0n) is 7.59. The standard InChI is InChI=1S/C9H14FN3/c10-4-2-6-13-5-1-3-8-9(13)7-11-12-8/h7H,1-6H2,(H,11,12). The SMILES string of the molecule is FCCCN1CCCc2[nH]ncc21. The summed E-state index contributed by atoms with van der Waals surface area (Å²) in [4.78, 5) is 2.21. The first kappa shape index (κ1) is 8.53. The third-order valence-electron chi connectivity index (χ3n) is 2.45. The van der Waals surface area contributed by atoms with Crippen LogP contribution >= 0.6 is 0 Å². The summed E-state index contributed by atoms with van der Waals surface area (Å²) >= 11 is 0. The molecular formula is C9H14FN3. The van der Waals surface area contributed by atoms with Crippen molar-refractivity contribution < 1.29 is 4.39 Å². The number of fused-ring (bicyclic) bond motifs is 1. The topological polar surface area (TPSA) is 31.9 Å². The molecule has 3 nitrogen and oxygen atoms in total. The highest BCUT2D eigenvalue weighted by molar-refractivity contribution is 5.50. The second-order valence-corrected chi connectivity index (χ2v) is 3.37. The van der Waals surface area contributed by atoms with Gasteiger partial charge >= 0.3 is 0 Å². The maximum atomic E-state index is 12.0. The Morgan fingerprint density at radius 2 is 2.54 bits per heavy atom. The summed E-state index contributed by atoms with van der Waals surface area (Å²) in [5, 5.41) is 6.98. The van der Waals surface area contributed by atoms with Crippen molar-refractivity contribution in [3.05, 3.63) is 11.9 Å². The second kappa shape index (κ2) is 3.77. The normalized spacial score (nSPS) is 15.9. The summed E-state index contributed by atoms with van der Waals surface area (Å²) in [6, 6.07) is 0. The van der Waals surface area contributed by atoms with Crippen LogP contribution in [0.15, 0.2) is 6.20 Å². The summed E-state index contributed by atoms with van der Waals surface area (Å²) in [5.41, 5.74) is 2.37. The Morgan fingerprint density at radius 3 is 3.38 bits per heavy atom. The molecule has 0 bridgehead atoms. The fraction of sp³-hybridized carbons (Fsp3) is 0.667. The lowest BCUT2D eigenvalue weighted by atomic mass is 10.1. The number of halogens is 1. The number of aromatic amines is 1. The zero-order valence-corrected chi connectivity index (χ0v) is 7.59. The number of aryl methyl sites for hydroxylation is 1. The molecule has 0 unspecified atom stereocenters. The molecule has 1 aliphatic rings. The van der Waals surface area contributed by atoms with Crippen molar-refractivity contribution in [3.63, 3.8) is 0 Å². The minimum absolute atomic E-state index is 0.232. The molecule has 0 radical (unpaired) electrons. The zero-order chi connectivity index (χ0) is 9.10. The molecule has 4 heteroatoms. The molecule has 72 valence electrons. The first-order chi connectivity index (χ1) is 6.42. The molecule has 1 aliphatic heterocycles. The van der Waals surface area contributed by atoms with E-state index in [1.165, 1.54) is 11.4 Å². The lowest BCUT2D eigenvalue weighted by Gasteiger charge is -2.27. The molecule has 0 fully saturated rings. The number of hydrogen-bond acceptors (Lipinski definition) is 2. The quantitative estimate of drug-likeness (QED) is 0.770. The molecule has 13 heavy (non-hydrogen) atoms. The van der Waals surface area contributed by atoms with E-state index in [9.17, 15) is 4.39 Å². The Hall–Kier alpha value is -1.06. The molecule has 0 amide bonds. The van der Waals surface area contributed by atoms with Gasteiger partial charge in [0.05, 0.1) is 24.3 Å². The Bertz CT molecular complexity index is 272. The number of anilines is 1. The van der Waals surface area contributed by atoms with E-state index in [1.807, 2.05) is 6.20 Å². The largest absolute Gasteiger partial charge is 0.369 e. The van der Waals surface area contributed by atoms with Gasteiger partial charge in [-0.25, -0.2) is 0 Å². The highest BCUT2D eigenvalue weighted by atomic mass is 19.1. The minimum Gasteiger partial charge on any atom is -0.369 e. The van der Waals surface area contributed by atoms with Gasteiger partial charge in [-0.15, -0.1) is 0 Å². The van der Waals surface area contributed by atoms with Gasteiger partial charge in [0.1, 0.15) is 0 Å². The van der Waals surface area contributed by atoms with E-state index in [1.54, 1.807) is 0 Å². The number of aromatic nitrogens is 2. The van der Waals surface area contributed by atoms with Gasteiger partial charge in [-0.1, -0.05) is 0 Å². The summed E-state index contributed by atoms with van der Waals surface area (Å²) in [5.74, 6) is 0. The van der Waals surface area contributed by atoms with Crippen molar-refractivity contribution in [1.82, 2.24) is 10.2 Å². The fourth-order valence-electron chi connectivity index (χ4n) is 1.81. The third-order valence-corrected chi connectivity index (χ3v) is 2.45. The Labute approximate surface area is 76.9 Å². The van der Waals surface area contributed by atoms with E-state index in [-0.39, 0.29) is 6.67 Å². The summed E-state index contributed by atoms with van der Waals surface area (Å²) in [7, 11) is 0. The summed E-state index contributed by atoms with van der Waals surface area (Å²) in [6.07, 6.45) is 4.67. The number of nitrogens with zero attached hydrogens (tertiary/aromatic N) is 2. The number of H-pyrrole nitrogens is 1. The van der Waals surface area contributed by atoms with Gasteiger partial charge < -0.3 is 4.90 Å². The van der Waals surface area contributed by atoms with E-state index in [0.29, 0.717) is 6.42 Å². The van der Waals surface area contributed by atoms with Gasteiger partial charge in [-0.2, -0.15) is 5.10 Å². The molecule has 0 aromatic carbocycles. The smallest absolute Gasteiger partial charge is 0.0911 e. The average molecular weight is 183 g/mol. The molecule has 0 atom stereocenters. The van der Waals surface area contributed by atoms with Crippen LogP contribution in [0.25, 0.3) is 0 Å². The maximum absolute atomic E-state index is 12.0. The monoisotopic (exact) mass is 183 g/mol. The molecule has 0 spiro atoms. The van der Waals surface area contributed by atoms with Crippen LogP contribution in [0.3, 0.4) is 0 Å². The van der Waals surface area contributed by atoms with E-state index in [0.717, 1.165) is 25.9 Å². The molecule has 1 N–H and O–H groups in total. The van der Waals surface area contributed by atoms with E-state index in [4.69, 9.17) is 0 Å². The Kier molecular flexibility index (Phi) is 2.47. The molecule has 2 rings (SSSR count).